The Kier molecular flexibility index (Phi) is 2.43. The summed E-state index contributed by atoms with van der Waals surface area (Å²) in [6, 6.07) is 9.45. The fourth-order valence-electron chi connectivity index (χ4n) is 2.19. The van der Waals surface area contributed by atoms with Gasteiger partial charge in [0.05, 0.1) is 29.7 Å². The largest absolute Gasteiger partial charge is 0.383 e. The van der Waals surface area contributed by atoms with Crippen LogP contribution in [0, 0.1) is 11.3 Å². The maximum absolute atomic E-state index is 8.99. The quantitative estimate of drug-likeness (QED) is 0.716. The fraction of sp³-hybridized carbons (Fsp3) is 0.0714. The highest BCUT2D eigenvalue weighted by molar-refractivity contribution is 5.97. The molecule has 0 radical (unpaired) electrons. The van der Waals surface area contributed by atoms with Gasteiger partial charge >= 0.3 is 0 Å². The number of nitriles is 1. The van der Waals surface area contributed by atoms with Crippen molar-refractivity contribution in [1.82, 2.24) is 14.5 Å². The lowest BCUT2D eigenvalue weighted by Crippen LogP contribution is -1.97. The zero-order valence-electron chi connectivity index (χ0n) is 10.3. The van der Waals surface area contributed by atoms with E-state index in [1.54, 1.807) is 24.7 Å². The van der Waals surface area contributed by atoms with Crippen LogP contribution in [0.15, 0.2) is 36.8 Å². The number of pyridine rings is 1. The van der Waals surface area contributed by atoms with Crippen LogP contribution >= 0.6 is 0 Å². The minimum Gasteiger partial charge on any atom is -0.383 e. The number of aryl methyl sites for hydroxylation is 1. The second kappa shape index (κ2) is 4.10. The van der Waals surface area contributed by atoms with Crippen LogP contribution in [0.1, 0.15) is 5.56 Å². The van der Waals surface area contributed by atoms with Crippen molar-refractivity contribution in [2.45, 2.75) is 0 Å². The van der Waals surface area contributed by atoms with Gasteiger partial charge in [0, 0.05) is 12.6 Å². The summed E-state index contributed by atoms with van der Waals surface area (Å²) in [5.74, 6) is 0.436. The lowest BCUT2D eigenvalue weighted by atomic mass is 10.0. The molecule has 0 bridgehead atoms. The SMILES string of the molecule is Cn1cnc2cnc(N)c(-c3cccc(C#N)c3)c21. The Hall–Kier alpha value is -2.87. The van der Waals surface area contributed by atoms with Gasteiger partial charge in [-0.1, -0.05) is 12.1 Å². The molecule has 5 heteroatoms. The lowest BCUT2D eigenvalue weighted by molar-refractivity contribution is 0.948. The fourth-order valence-corrected chi connectivity index (χ4v) is 2.19. The van der Waals surface area contributed by atoms with Crippen molar-refractivity contribution in [2.24, 2.45) is 7.05 Å². The number of hydrogen-bond donors (Lipinski definition) is 1. The van der Waals surface area contributed by atoms with Crippen LogP contribution < -0.4 is 5.73 Å². The summed E-state index contributed by atoms with van der Waals surface area (Å²) in [4.78, 5) is 8.44. The van der Waals surface area contributed by atoms with E-state index in [0.29, 0.717) is 11.4 Å². The Labute approximate surface area is 109 Å². The zero-order chi connectivity index (χ0) is 13.4. The van der Waals surface area contributed by atoms with Gasteiger partial charge in [-0.25, -0.2) is 9.97 Å². The molecule has 92 valence electrons. The number of imidazole rings is 1. The van der Waals surface area contributed by atoms with Crippen molar-refractivity contribution in [1.29, 1.82) is 5.26 Å². The van der Waals surface area contributed by atoms with Crippen LogP contribution in [0.5, 0.6) is 0 Å². The molecule has 0 aliphatic heterocycles. The molecule has 0 aliphatic carbocycles. The second-order valence-corrected chi connectivity index (χ2v) is 4.30. The van der Waals surface area contributed by atoms with Gasteiger partial charge in [-0.3, -0.25) is 0 Å². The van der Waals surface area contributed by atoms with Gasteiger partial charge in [-0.05, 0) is 17.7 Å². The van der Waals surface area contributed by atoms with Gasteiger partial charge < -0.3 is 10.3 Å². The third-order valence-corrected chi connectivity index (χ3v) is 3.06. The van der Waals surface area contributed by atoms with Gasteiger partial charge in [-0.15, -0.1) is 0 Å². The third kappa shape index (κ3) is 1.70. The molecule has 19 heavy (non-hydrogen) atoms. The molecule has 2 aromatic heterocycles. The summed E-state index contributed by atoms with van der Waals surface area (Å²) in [7, 11) is 1.91. The molecular weight excluding hydrogens is 238 g/mol. The van der Waals surface area contributed by atoms with Crippen molar-refractivity contribution >= 4 is 16.9 Å². The van der Waals surface area contributed by atoms with Crippen molar-refractivity contribution in [2.75, 3.05) is 5.73 Å². The number of benzene rings is 1. The normalized spacial score (nSPS) is 10.5. The first kappa shape index (κ1) is 11.2. The van der Waals surface area contributed by atoms with Gasteiger partial charge in [0.15, 0.2) is 0 Å². The van der Waals surface area contributed by atoms with E-state index in [0.717, 1.165) is 22.2 Å². The molecule has 2 N–H and O–H groups in total. The summed E-state index contributed by atoms with van der Waals surface area (Å²) in [6.07, 6.45) is 3.38. The topological polar surface area (TPSA) is 80.5 Å². The zero-order valence-corrected chi connectivity index (χ0v) is 10.3. The van der Waals surface area contributed by atoms with Gasteiger partial charge in [-0.2, -0.15) is 5.26 Å². The summed E-state index contributed by atoms with van der Waals surface area (Å²) in [6.45, 7) is 0. The maximum atomic E-state index is 8.99. The number of nitrogens with two attached hydrogens (primary N) is 1. The molecule has 5 nitrogen and oxygen atoms in total. The first-order chi connectivity index (χ1) is 9.20. The van der Waals surface area contributed by atoms with E-state index < -0.39 is 0 Å². The first-order valence-corrected chi connectivity index (χ1v) is 5.76. The molecule has 0 saturated heterocycles. The molecule has 0 saturated carbocycles. The average Bonchev–Trinajstić information content (AvgIpc) is 2.81. The minimum atomic E-state index is 0.436. The Bertz CT molecular complexity index is 810. The highest BCUT2D eigenvalue weighted by atomic mass is 15.0. The van der Waals surface area contributed by atoms with Crippen molar-refractivity contribution in [3.63, 3.8) is 0 Å². The molecule has 3 rings (SSSR count). The number of anilines is 1. The van der Waals surface area contributed by atoms with Crippen molar-refractivity contribution < 1.29 is 0 Å². The van der Waals surface area contributed by atoms with Crippen molar-refractivity contribution in [3.8, 4) is 17.2 Å². The van der Waals surface area contributed by atoms with E-state index in [1.807, 2.05) is 23.7 Å². The predicted octanol–water partition coefficient (Wildman–Crippen LogP) is 2.09. The molecular formula is C14H11N5. The molecule has 0 atom stereocenters. The number of fused-ring (bicyclic) bond motifs is 1. The smallest absolute Gasteiger partial charge is 0.133 e. The van der Waals surface area contributed by atoms with Gasteiger partial charge in [0.25, 0.3) is 0 Å². The number of nitrogen functional groups attached to an aromatic ring is 1. The summed E-state index contributed by atoms with van der Waals surface area (Å²) >= 11 is 0. The molecule has 0 aliphatic rings. The van der Waals surface area contributed by atoms with E-state index in [9.17, 15) is 0 Å². The number of rotatable bonds is 1. The Morgan fingerprint density at radius 2 is 2.16 bits per heavy atom. The number of nitrogens with zero attached hydrogens (tertiary/aromatic N) is 4. The second-order valence-electron chi connectivity index (χ2n) is 4.30. The van der Waals surface area contributed by atoms with Crippen LogP contribution in [0.2, 0.25) is 0 Å². The molecule has 0 fully saturated rings. The molecule has 0 amide bonds. The van der Waals surface area contributed by atoms with Gasteiger partial charge in [0.2, 0.25) is 0 Å². The predicted molar refractivity (Wildman–Crippen MR) is 73.1 cm³/mol. The van der Waals surface area contributed by atoms with Crippen LogP contribution in [-0.4, -0.2) is 14.5 Å². The molecule has 0 unspecified atom stereocenters. The standard InChI is InChI=1S/C14H11N5/c1-19-8-18-11-7-17-14(16)12(13(11)19)10-4-2-3-9(5-10)6-15/h2-5,7-8H,1H3,(H2,16,17). The monoisotopic (exact) mass is 249 g/mol. The van der Waals surface area contributed by atoms with E-state index in [4.69, 9.17) is 11.0 Å². The summed E-state index contributed by atoms with van der Waals surface area (Å²) in [5.41, 5.74) is 9.99. The van der Waals surface area contributed by atoms with E-state index in [-0.39, 0.29) is 0 Å². The van der Waals surface area contributed by atoms with E-state index in [2.05, 4.69) is 16.0 Å². The minimum absolute atomic E-state index is 0.436. The van der Waals surface area contributed by atoms with Crippen LogP contribution in [0.25, 0.3) is 22.2 Å². The molecule has 3 aromatic rings. The Balaban J connectivity index is 2.38. The number of aromatic nitrogens is 3. The highest BCUT2D eigenvalue weighted by Crippen LogP contribution is 2.32. The molecule has 0 spiro atoms. The number of hydrogen-bond acceptors (Lipinski definition) is 4. The summed E-state index contributed by atoms with van der Waals surface area (Å²) < 4.78 is 1.90. The average molecular weight is 249 g/mol. The highest BCUT2D eigenvalue weighted by Gasteiger charge is 2.13. The van der Waals surface area contributed by atoms with Crippen LogP contribution in [0.4, 0.5) is 5.82 Å². The van der Waals surface area contributed by atoms with Gasteiger partial charge in [0.1, 0.15) is 11.3 Å². The lowest BCUT2D eigenvalue weighted by Gasteiger charge is -2.08. The first-order valence-electron chi connectivity index (χ1n) is 5.76. The molecule has 1 aromatic carbocycles. The Morgan fingerprint density at radius 1 is 1.32 bits per heavy atom. The third-order valence-electron chi connectivity index (χ3n) is 3.06. The van der Waals surface area contributed by atoms with Crippen LogP contribution in [-0.2, 0) is 7.05 Å². The van der Waals surface area contributed by atoms with Crippen molar-refractivity contribution in [3.05, 3.63) is 42.4 Å². The van der Waals surface area contributed by atoms with E-state index >= 15 is 0 Å². The van der Waals surface area contributed by atoms with E-state index in [1.165, 1.54) is 0 Å². The maximum Gasteiger partial charge on any atom is 0.133 e. The Morgan fingerprint density at radius 3 is 2.95 bits per heavy atom. The summed E-state index contributed by atoms with van der Waals surface area (Å²) in [5, 5.41) is 8.99. The molecule has 2 heterocycles. The van der Waals surface area contributed by atoms with Crippen LogP contribution in [0.3, 0.4) is 0 Å².